The first kappa shape index (κ1) is 33.4. The van der Waals surface area contributed by atoms with Crippen molar-refractivity contribution < 1.29 is 55.1 Å². The number of rotatable bonds is 7. The highest BCUT2D eigenvalue weighted by Gasteiger charge is 2.68. The minimum atomic E-state index is -2.24. The van der Waals surface area contributed by atoms with Crippen LogP contribution in [-0.2, 0) is 14.3 Å². The van der Waals surface area contributed by atoms with Gasteiger partial charge >= 0.3 is 0 Å². The fourth-order valence-electron chi connectivity index (χ4n) is 9.46. The van der Waals surface area contributed by atoms with E-state index < -0.39 is 70.5 Å². The average Bonchev–Trinajstić information content (AvgIpc) is 3.20. The van der Waals surface area contributed by atoms with Gasteiger partial charge in [-0.05, 0) is 93.6 Å². The third-order valence-corrected chi connectivity index (χ3v) is 12.3. The van der Waals surface area contributed by atoms with Crippen molar-refractivity contribution in [3.8, 4) is 0 Å². The zero-order valence-electron chi connectivity index (χ0n) is 26.0. The molecule has 5 rings (SSSR count). The van der Waals surface area contributed by atoms with Crippen molar-refractivity contribution in [2.45, 2.75) is 140 Å². The molecule has 0 aromatic heterocycles. The van der Waals surface area contributed by atoms with Gasteiger partial charge in [0.1, 0.15) is 24.4 Å². The molecule has 11 nitrogen and oxygen atoms in total. The Morgan fingerprint density at radius 3 is 2.37 bits per heavy atom. The molecule has 8 N–H and O–H groups in total. The lowest BCUT2D eigenvalue weighted by atomic mass is 9.45. The van der Waals surface area contributed by atoms with Crippen molar-refractivity contribution >= 4 is 5.78 Å². The van der Waals surface area contributed by atoms with Gasteiger partial charge in [-0.2, -0.15) is 0 Å². The van der Waals surface area contributed by atoms with Gasteiger partial charge in [-0.1, -0.05) is 20.8 Å². The Bertz CT molecular complexity index is 1110. The molecule has 5 aliphatic rings. The number of hydrogen-bond acceptors (Lipinski definition) is 11. The van der Waals surface area contributed by atoms with E-state index in [4.69, 9.17) is 9.47 Å². The molecule has 0 radical (unpaired) electrons. The van der Waals surface area contributed by atoms with Crippen LogP contribution in [0.5, 0.6) is 0 Å². The van der Waals surface area contributed by atoms with Crippen molar-refractivity contribution in [3.63, 3.8) is 0 Å². The van der Waals surface area contributed by atoms with Crippen molar-refractivity contribution in [1.82, 2.24) is 0 Å². The Labute approximate surface area is 253 Å². The van der Waals surface area contributed by atoms with E-state index in [2.05, 4.69) is 6.92 Å². The predicted octanol–water partition coefficient (Wildman–Crippen LogP) is 0.522. The molecule has 0 bridgehead atoms. The minimum absolute atomic E-state index is 0.00179. The monoisotopic (exact) mass is 612 g/mol. The zero-order chi connectivity index (χ0) is 31.9. The maximum atomic E-state index is 13.8. The Morgan fingerprint density at radius 2 is 1.72 bits per heavy atom. The van der Waals surface area contributed by atoms with E-state index >= 15 is 0 Å². The number of carbonyl (C=O) groups excluding carboxylic acids is 1. The molecule has 14 atom stereocenters. The standard InChI is InChI=1S/C32H52O11/c1-16(21(33)8-9-28(2,3)39)17-7-11-31(40)19-12-22(34)20-13-32(41,43-27-26(38)25(37)23(35)15-42-27)24(36)14-29(20,4)18(19)6-10-30(17,31)5/h12,16-18,20-21,23-27,33,35-41H,6-11,13-15H2,1-5H3/t16-,17+,18-,20-,21?,23+,24-,25-,26+,27?,29+,30+,31+,32+/m0/s1. The van der Waals surface area contributed by atoms with Gasteiger partial charge < -0.3 is 50.3 Å². The van der Waals surface area contributed by atoms with Crippen molar-refractivity contribution in [2.24, 2.45) is 34.5 Å². The summed E-state index contributed by atoms with van der Waals surface area (Å²) in [5.41, 5.74) is -2.84. The Kier molecular flexibility index (Phi) is 8.59. The van der Waals surface area contributed by atoms with E-state index in [9.17, 15) is 45.6 Å². The van der Waals surface area contributed by atoms with Crippen LogP contribution < -0.4 is 0 Å². The lowest BCUT2D eigenvalue weighted by Gasteiger charge is -2.61. The minimum Gasteiger partial charge on any atom is -0.393 e. The summed E-state index contributed by atoms with van der Waals surface area (Å²) in [6, 6.07) is 0. The van der Waals surface area contributed by atoms with E-state index in [1.54, 1.807) is 13.8 Å². The van der Waals surface area contributed by atoms with Crippen LogP contribution in [0.4, 0.5) is 0 Å². The fraction of sp³-hybridized carbons (Fsp3) is 0.906. The number of ether oxygens (including phenoxy) is 2. The molecule has 1 saturated heterocycles. The molecule has 0 amide bonds. The summed E-state index contributed by atoms with van der Waals surface area (Å²) in [7, 11) is 0. The summed E-state index contributed by atoms with van der Waals surface area (Å²) in [6.45, 7) is 9.09. The van der Waals surface area contributed by atoms with Crippen molar-refractivity contribution in [2.75, 3.05) is 6.61 Å². The topological polar surface area (TPSA) is 197 Å². The molecule has 0 aromatic carbocycles. The maximum absolute atomic E-state index is 13.8. The summed E-state index contributed by atoms with van der Waals surface area (Å²) in [5.74, 6) is -3.60. The largest absolute Gasteiger partial charge is 0.393 e. The van der Waals surface area contributed by atoms with Gasteiger partial charge in [0.2, 0.25) is 0 Å². The molecular weight excluding hydrogens is 560 g/mol. The predicted molar refractivity (Wildman–Crippen MR) is 153 cm³/mol. The van der Waals surface area contributed by atoms with Gasteiger partial charge in [0, 0.05) is 17.8 Å². The number of ketones is 1. The van der Waals surface area contributed by atoms with E-state index in [-0.39, 0.29) is 43.0 Å². The van der Waals surface area contributed by atoms with Crippen LogP contribution in [0.3, 0.4) is 0 Å². The highest BCUT2D eigenvalue weighted by Crippen LogP contribution is 2.68. The number of aliphatic hydroxyl groups excluding tert-OH is 5. The van der Waals surface area contributed by atoms with Gasteiger partial charge in [0.05, 0.1) is 23.9 Å². The molecule has 4 fully saturated rings. The quantitative estimate of drug-likeness (QED) is 0.187. The number of hydrogen-bond donors (Lipinski definition) is 8. The molecular formula is C32H52O11. The van der Waals surface area contributed by atoms with Gasteiger partial charge in [-0.15, -0.1) is 0 Å². The molecule has 0 spiro atoms. The normalized spacial score (nSPS) is 49.9. The van der Waals surface area contributed by atoms with Gasteiger partial charge in [0.25, 0.3) is 0 Å². The SMILES string of the molecule is C[C@H](C(O)CCC(C)(C)O)[C@H]1CC[C@@]2(O)C3=CC(=O)[C@@H]4C[C@@](O)(OC5OC[C@@H](O)[C@H](O)[C@H]5O)[C@@H](O)C[C@]4(C)[C@H]3CC[C@]12C. The summed E-state index contributed by atoms with van der Waals surface area (Å²) >= 11 is 0. The van der Waals surface area contributed by atoms with E-state index in [1.807, 2.05) is 13.8 Å². The molecule has 3 saturated carbocycles. The number of allylic oxidation sites excluding steroid dienone is 1. The second-order valence-electron chi connectivity index (χ2n) is 15.5. The summed E-state index contributed by atoms with van der Waals surface area (Å²) in [4.78, 5) is 13.8. The third kappa shape index (κ3) is 5.35. The average molecular weight is 613 g/mol. The highest BCUT2D eigenvalue weighted by molar-refractivity contribution is 5.95. The molecule has 246 valence electrons. The van der Waals surface area contributed by atoms with Crippen LogP contribution in [0, 0.1) is 34.5 Å². The first-order valence-electron chi connectivity index (χ1n) is 15.9. The van der Waals surface area contributed by atoms with Crippen LogP contribution >= 0.6 is 0 Å². The number of carbonyl (C=O) groups is 1. The first-order valence-corrected chi connectivity index (χ1v) is 15.9. The molecule has 0 aromatic rings. The third-order valence-electron chi connectivity index (χ3n) is 12.3. The highest BCUT2D eigenvalue weighted by atomic mass is 16.8. The lowest BCUT2D eigenvalue weighted by molar-refractivity contribution is -0.379. The molecule has 2 unspecified atom stereocenters. The second-order valence-corrected chi connectivity index (χ2v) is 15.5. The first-order chi connectivity index (χ1) is 19.8. The van der Waals surface area contributed by atoms with E-state index in [0.717, 1.165) is 0 Å². The molecule has 11 heteroatoms. The van der Waals surface area contributed by atoms with Crippen molar-refractivity contribution in [3.05, 3.63) is 11.6 Å². The Hall–Kier alpha value is -0.990. The van der Waals surface area contributed by atoms with Crippen LogP contribution in [0.2, 0.25) is 0 Å². The van der Waals surface area contributed by atoms with E-state index in [1.165, 1.54) is 6.08 Å². The van der Waals surface area contributed by atoms with Gasteiger partial charge in [0.15, 0.2) is 17.9 Å². The fourth-order valence-corrected chi connectivity index (χ4v) is 9.46. The van der Waals surface area contributed by atoms with Crippen LogP contribution in [-0.4, -0.2) is 107 Å². The molecule has 4 aliphatic carbocycles. The van der Waals surface area contributed by atoms with Crippen molar-refractivity contribution in [1.29, 1.82) is 0 Å². The van der Waals surface area contributed by atoms with Gasteiger partial charge in [-0.25, -0.2) is 0 Å². The molecule has 1 heterocycles. The summed E-state index contributed by atoms with van der Waals surface area (Å²) < 4.78 is 10.9. The number of fused-ring (bicyclic) bond motifs is 5. The smallest absolute Gasteiger partial charge is 0.195 e. The molecule has 43 heavy (non-hydrogen) atoms. The molecule has 1 aliphatic heterocycles. The Morgan fingerprint density at radius 1 is 1.05 bits per heavy atom. The van der Waals surface area contributed by atoms with Crippen LogP contribution in [0.15, 0.2) is 11.6 Å². The Balaban J connectivity index is 1.38. The maximum Gasteiger partial charge on any atom is 0.195 e. The van der Waals surface area contributed by atoms with E-state index in [0.29, 0.717) is 44.1 Å². The summed E-state index contributed by atoms with van der Waals surface area (Å²) in [5, 5.41) is 86.5. The summed E-state index contributed by atoms with van der Waals surface area (Å²) in [6.07, 6.45) is -3.53. The number of aliphatic hydroxyl groups is 8. The zero-order valence-corrected chi connectivity index (χ0v) is 26.0. The second kappa shape index (κ2) is 11.1. The van der Waals surface area contributed by atoms with Gasteiger partial charge in [-0.3, -0.25) is 4.79 Å². The van der Waals surface area contributed by atoms with Crippen LogP contribution in [0.1, 0.15) is 86.0 Å². The lowest BCUT2D eigenvalue weighted by Crippen LogP contribution is -2.65. The van der Waals surface area contributed by atoms with Crippen LogP contribution in [0.25, 0.3) is 0 Å².